The molecule has 27 heavy (non-hydrogen) atoms. The van der Waals surface area contributed by atoms with Gasteiger partial charge in [-0.2, -0.15) is 0 Å². The molecule has 1 N–H and O–H groups in total. The summed E-state index contributed by atoms with van der Waals surface area (Å²) in [6.45, 7) is 16.4. The smallest absolute Gasteiger partial charge is 0.410 e. The van der Waals surface area contributed by atoms with E-state index in [1.807, 2.05) is 25.7 Å². The molecule has 0 aromatic carbocycles. The molecule has 6 nitrogen and oxygen atoms in total. The molecule has 3 saturated heterocycles. The van der Waals surface area contributed by atoms with Gasteiger partial charge in [0.1, 0.15) is 5.60 Å². The minimum atomic E-state index is -0.419. The van der Waals surface area contributed by atoms with Gasteiger partial charge in [-0.3, -0.25) is 4.90 Å². The van der Waals surface area contributed by atoms with Crippen molar-refractivity contribution >= 4 is 6.09 Å². The molecule has 3 aliphatic rings. The largest absolute Gasteiger partial charge is 0.444 e. The van der Waals surface area contributed by atoms with Gasteiger partial charge >= 0.3 is 6.09 Å². The summed E-state index contributed by atoms with van der Waals surface area (Å²) < 4.78 is 5.54. The molecule has 3 aliphatic heterocycles. The molecule has 0 saturated carbocycles. The number of hydrogen-bond donors (Lipinski definition) is 1. The Balaban J connectivity index is 1.53. The number of piperidine rings is 2. The van der Waals surface area contributed by atoms with E-state index < -0.39 is 5.60 Å². The van der Waals surface area contributed by atoms with Gasteiger partial charge < -0.3 is 19.9 Å². The van der Waals surface area contributed by atoms with E-state index in [1.54, 1.807) is 0 Å². The summed E-state index contributed by atoms with van der Waals surface area (Å²) >= 11 is 0. The van der Waals surface area contributed by atoms with E-state index in [2.05, 4.69) is 22.0 Å². The van der Waals surface area contributed by atoms with Gasteiger partial charge in [0, 0.05) is 51.4 Å². The van der Waals surface area contributed by atoms with Crippen LogP contribution in [0.5, 0.6) is 0 Å². The van der Waals surface area contributed by atoms with Gasteiger partial charge in [0.05, 0.1) is 0 Å². The van der Waals surface area contributed by atoms with Crippen LogP contribution in [0, 0.1) is 5.92 Å². The molecule has 3 fully saturated rings. The number of amides is 1. The van der Waals surface area contributed by atoms with Crippen molar-refractivity contribution < 1.29 is 9.53 Å². The van der Waals surface area contributed by atoms with Crippen LogP contribution in [-0.4, -0.2) is 90.8 Å². The first-order valence-electron chi connectivity index (χ1n) is 11.0. The Hall–Kier alpha value is -0.850. The SMILES string of the molecule is CC1CCCCN1CC1CCNCC1N1CCN(C(=O)OC(C)(C)C)CC1. The van der Waals surface area contributed by atoms with Crippen molar-refractivity contribution in [1.29, 1.82) is 0 Å². The van der Waals surface area contributed by atoms with Crippen LogP contribution in [-0.2, 0) is 4.74 Å². The van der Waals surface area contributed by atoms with E-state index >= 15 is 0 Å². The fourth-order valence-electron chi connectivity index (χ4n) is 4.83. The van der Waals surface area contributed by atoms with Gasteiger partial charge in [-0.1, -0.05) is 6.42 Å². The monoisotopic (exact) mass is 380 g/mol. The van der Waals surface area contributed by atoms with Gasteiger partial charge in [0.25, 0.3) is 0 Å². The number of hydrogen-bond acceptors (Lipinski definition) is 5. The lowest BCUT2D eigenvalue weighted by molar-refractivity contribution is 0.000133. The van der Waals surface area contributed by atoms with Crippen LogP contribution >= 0.6 is 0 Å². The van der Waals surface area contributed by atoms with Crippen molar-refractivity contribution in [2.75, 3.05) is 52.4 Å². The highest BCUT2D eigenvalue weighted by atomic mass is 16.6. The van der Waals surface area contributed by atoms with Crippen molar-refractivity contribution in [2.45, 2.75) is 71.1 Å². The maximum Gasteiger partial charge on any atom is 0.410 e. The van der Waals surface area contributed by atoms with Gasteiger partial charge in [-0.25, -0.2) is 4.79 Å². The average molecular weight is 381 g/mol. The number of carbonyl (C=O) groups excluding carboxylic acids is 1. The van der Waals surface area contributed by atoms with Gasteiger partial charge in [0.15, 0.2) is 0 Å². The second kappa shape index (κ2) is 9.10. The zero-order valence-electron chi connectivity index (χ0n) is 17.9. The third kappa shape index (κ3) is 5.81. The Kier molecular flexibility index (Phi) is 7.03. The molecule has 6 heteroatoms. The van der Waals surface area contributed by atoms with E-state index in [4.69, 9.17) is 4.74 Å². The summed E-state index contributed by atoms with van der Waals surface area (Å²) in [5.74, 6) is 0.736. The van der Waals surface area contributed by atoms with Crippen LogP contribution in [0.3, 0.4) is 0 Å². The quantitative estimate of drug-likeness (QED) is 0.815. The van der Waals surface area contributed by atoms with Crippen molar-refractivity contribution in [3.8, 4) is 0 Å². The van der Waals surface area contributed by atoms with Crippen LogP contribution in [0.25, 0.3) is 0 Å². The molecule has 1 amide bonds. The normalized spacial score (nSPS) is 31.7. The maximum absolute atomic E-state index is 12.3. The number of nitrogens with zero attached hydrogens (tertiary/aromatic N) is 3. The van der Waals surface area contributed by atoms with Crippen molar-refractivity contribution in [3.63, 3.8) is 0 Å². The van der Waals surface area contributed by atoms with Crippen LogP contribution in [0.4, 0.5) is 4.79 Å². The van der Waals surface area contributed by atoms with Crippen LogP contribution < -0.4 is 5.32 Å². The number of nitrogens with one attached hydrogen (secondary N) is 1. The average Bonchev–Trinajstić information content (AvgIpc) is 2.63. The zero-order valence-corrected chi connectivity index (χ0v) is 17.9. The predicted molar refractivity (Wildman–Crippen MR) is 109 cm³/mol. The van der Waals surface area contributed by atoms with E-state index in [0.717, 1.165) is 51.2 Å². The summed E-state index contributed by atoms with van der Waals surface area (Å²) in [5.41, 5.74) is -0.419. The summed E-state index contributed by atoms with van der Waals surface area (Å²) in [6, 6.07) is 1.33. The molecule has 3 rings (SSSR count). The minimum Gasteiger partial charge on any atom is -0.444 e. The number of rotatable bonds is 3. The second-order valence-electron chi connectivity index (χ2n) is 9.66. The van der Waals surface area contributed by atoms with Crippen molar-refractivity contribution in [2.24, 2.45) is 5.92 Å². The first-order chi connectivity index (χ1) is 12.8. The Labute approximate surface area is 165 Å². The lowest BCUT2D eigenvalue weighted by atomic mass is 9.89. The number of ether oxygens (including phenoxy) is 1. The molecular weight excluding hydrogens is 340 g/mol. The first kappa shape index (κ1) is 20.9. The Morgan fingerprint density at radius 3 is 2.48 bits per heavy atom. The van der Waals surface area contributed by atoms with Crippen LogP contribution in [0.15, 0.2) is 0 Å². The molecule has 0 aromatic heterocycles. The molecule has 0 bridgehead atoms. The fourth-order valence-corrected chi connectivity index (χ4v) is 4.83. The lowest BCUT2D eigenvalue weighted by Gasteiger charge is -2.46. The highest BCUT2D eigenvalue weighted by Crippen LogP contribution is 2.25. The molecule has 3 unspecified atom stereocenters. The second-order valence-corrected chi connectivity index (χ2v) is 9.66. The van der Waals surface area contributed by atoms with Crippen LogP contribution in [0.2, 0.25) is 0 Å². The summed E-state index contributed by atoms with van der Waals surface area (Å²) in [5, 5.41) is 3.61. The lowest BCUT2D eigenvalue weighted by Crippen LogP contribution is -2.60. The summed E-state index contributed by atoms with van der Waals surface area (Å²) in [7, 11) is 0. The third-order valence-electron chi connectivity index (χ3n) is 6.43. The Morgan fingerprint density at radius 1 is 1.07 bits per heavy atom. The zero-order chi connectivity index (χ0) is 19.4. The van der Waals surface area contributed by atoms with E-state index in [9.17, 15) is 4.79 Å². The molecule has 3 atom stereocenters. The summed E-state index contributed by atoms with van der Waals surface area (Å²) in [6.07, 6.45) is 5.20. The minimum absolute atomic E-state index is 0.164. The Bertz CT molecular complexity index is 485. The van der Waals surface area contributed by atoms with E-state index in [-0.39, 0.29) is 6.09 Å². The number of carbonyl (C=O) groups is 1. The molecule has 0 radical (unpaired) electrons. The van der Waals surface area contributed by atoms with Crippen molar-refractivity contribution in [1.82, 2.24) is 20.0 Å². The van der Waals surface area contributed by atoms with E-state index in [0.29, 0.717) is 6.04 Å². The van der Waals surface area contributed by atoms with Gasteiger partial charge in [-0.15, -0.1) is 0 Å². The molecule has 3 heterocycles. The molecular formula is C21H40N4O2. The Morgan fingerprint density at radius 2 is 1.81 bits per heavy atom. The van der Waals surface area contributed by atoms with Crippen molar-refractivity contribution in [3.05, 3.63) is 0 Å². The molecule has 156 valence electrons. The standard InChI is InChI=1S/C21H40N4O2/c1-17-7-5-6-10-25(17)16-18-8-9-22-15-19(18)23-11-13-24(14-12-23)20(26)27-21(2,3)4/h17-19,22H,5-16H2,1-4H3. The first-order valence-corrected chi connectivity index (χ1v) is 11.0. The fraction of sp³-hybridized carbons (Fsp3) is 0.952. The highest BCUT2D eigenvalue weighted by molar-refractivity contribution is 5.68. The molecule has 0 aromatic rings. The summed E-state index contributed by atoms with van der Waals surface area (Å²) in [4.78, 5) is 19.5. The van der Waals surface area contributed by atoms with Gasteiger partial charge in [0.2, 0.25) is 0 Å². The van der Waals surface area contributed by atoms with Gasteiger partial charge in [-0.05, 0) is 66.0 Å². The predicted octanol–water partition coefficient (Wildman–Crippen LogP) is 2.39. The van der Waals surface area contributed by atoms with Crippen LogP contribution in [0.1, 0.15) is 53.4 Å². The molecule has 0 spiro atoms. The highest BCUT2D eigenvalue weighted by Gasteiger charge is 2.35. The third-order valence-corrected chi connectivity index (χ3v) is 6.43. The topological polar surface area (TPSA) is 48.0 Å². The number of likely N-dealkylation sites (tertiary alicyclic amines) is 1. The molecule has 0 aliphatic carbocycles. The number of piperazine rings is 1. The van der Waals surface area contributed by atoms with E-state index in [1.165, 1.54) is 38.8 Å². The maximum atomic E-state index is 12.3.